The maximum Gasteiger partial charge on any atom is 0.118 e. The smallest absolute Gasteiger partial charge is 0.118 e. The molecular formula is C22H25ClN2O2. The SMILES string of the molecule is COc1ccc(CC(NCc2cccnc2)c2ccc(OC)cc2)cc1.Cl. The van der Waals surface area contributed by atoms with Crippen LogP contribution in [0.2, 0.25) is 0 Å². The molecule has 1 N–H and O–H groups in total. The van der Waals surface area contributed by atoms with Crippen LogP contribution in [0.4, 0.5) is 0 Å². The van der Waals surface area contributed by atoms with Gasteiger partial charge in [0.2, 0.25) is 0 Å². The van der Waals surface area contributed by atoms with Crippen LogP contribution in [0.1, 0.15) is 22.7 Å². The van der Waals surface area contributed by atoms with Gasteiger partial charge in [0.1, 0.15) is 11.5 Å². The van der Waals surface area contributed by atoms with Crippen molar-refractivity contribution < 1.29 is 9.47 Å². The Labute approximate surface area is 167 Å². The van der Waals surface area contributed by atoms with Gasteiger partial charge in [-0.25, -0.2) is 0 Å². The standard InChI is InChI=1S/C22H24N2O2.ClH/c1-25-20-9-5-17(6-10-20)14-22(19-7-11-21(26-2)12-8-19)24-16-18-4-3-13-23-15-18;/h3-13,15,22,24H,14,16H2,1-2H3;1H. The Morgan fingerprint density at radius 2 is 1.48 bits per heavy atom. The predicted molar refractivity (Wildman–Crippen MR) is 111 cm³/mol. The number of nitrogens with zero attached hydrogens (tertiary/aromatic N) is 1. The molecular weight excluding hydrogens is 360 g/mol. The number of hydrogen-bond donors (Lipinski definition) is 1. The Balaban J connectivity index is 0.00000261. The number of halogens is 1. The number of benzene rings is 2. The maximum absolute atomic E-state index is 5.28. The summed E-state index contributed by atoms with van der Waals surface area (Å²) in [6, 6.07) is 20.7. The molecule has 0 fully saturated rings. The van der Waals surface area contributed by atoms with E-state index in [1.165, 1.54) is 16.7 Å². The molecule has 2 aromatic carbocycles. The second-order valence-electron chi connectivity index (χ2n) is 6.12. The van der Waals surface area contributed by atoms with Gasteiger partial charge in [-0.1, -0.05) is 30.3 Å². The van der Waals surface area contributed by atoms with Gasteiger partial charge in [-0.3, -0.25) is 4.98 Å². The van der Waals surface area contributed by atoms with Gasteiger partial charge in [0.25, 0.3) is 0 Å². The summed E-state index contributed by atoms with van der Waals surface area (Å²) in [7, 11) is 3.37. The first-order valence-electron chi connectivity index (χ1n) is 8.67. The average molecular weight is 385 g/mol. The molecule has 5 heteroatoms. The molecule has 0 amide bonds. The van der Waals surface area contributed by atoms with E-state index in [4.69, 9.17) is 9.47 Å². The third kappa shape index (κ3) is 5.98. The molecule has 1 heterocycles. The van der Waals surface area contributed by atoms with Crippen LogP contribution in [0.5, 0.6) is 11.5 Å². The minimum atomic E-state index is 0. The van der Waals surface area contributed by atoms with Crippen molar-refractivity contribution in [3.8, 4) is 11.5 Å². The van der Waals surface area contributed by atoms with Crippen LogP contribution in [0, 0.1) is 0 Å². The van der Waals surface area contributed by atoms with Crippen LogP contribution >= 0.6 is 12.4 Å². The van der Waals surface area contributed by atoms with E-state index in [0.717, 1.165) is 24.5 Å². The fourth-order valence-corrected chi connectivity index (χ4v) is 2.89. The third-order valence-corrected chi connectivity index (χ3v) is 4.39. The lowest BCUT2D eigenvalue weighted by molar-refractivity contribution is 0.414. The Bertz CT molecular complexity index is 793. The summed E-state index contributed by atoms with van der Waals surface area (Å²) in [6.07, 6.45) is 4.57. The van der Waals surface area contributed by atoms with Gasteiger partial charge in [0, 0.05) is 25.0 Å². The Kier molecular flexibility index (Phi) is 8.11. The zero-order valence-electron chi connectivity index (χ0n) is 15.6. The summed E-state index contributed by atoms with van der Waals surface area (Å²) in [5.74, 6) is 1.74. The van der Waals surface area contributed by atoms with Crippen molar-refractivity contribution in [1.29, 1.82) is 0 Å². The van der Waals surface area contributed by atoms with Crippen molar-refractivity contribution >= 4 is 12.4 Å². The molecule has 4 nitrogen and oxygen atoms in total. The Hall–Kier alpha value is -2.56. The topological polar surface area (TPSA) is 43.4 Å². The normalized spacial score (nSPS) is 11.3. The highest BCUT2D eigenvalue weighted by Gasteiger charge is 2.13. The molecule has 0 saturated heterocycles. The van der Waals surface area contributed by atoms with Crippen LogP contribution in [-0.2, 0) is 13.0 Å². The number of hydrogen-bond acceptors (Lipinski definition) is 4. The number of nitrogens with one attached hydrogen (secondary N) is 1. The highest BCUT2D eigenvalue weighted by Crippen LogP contribution is 2.23. The van der Waals surface area contributed by atoms with Crippen LogP contribution in [0.3, 0.4) is 0 Å². The fraction of sp³-hybridized carbons (Fsp3) is 0.227. The quantitative estimate of drug-likeness (QED) is 0.616. The number of methoxy groups -OCH3 is 2. The van der Waals surface area contributed by atoms with Crippen molar-refractivity contribution in [3.63, 3.8) is 0 Å². The highest BCUT2D eigenvalue weighted by atomic mass is 35.5. The van der Waals surface area contributed by atoms with Crippen LogP contribution in [-0.4, -0.2) is 19.2 Å². The van der Waals surface area contributed by atoms with E-state index in [0.29, 0.717) is 0 Å². The van der Waals surface area contributed by atoms with Crippen molar-refractivity contribution in [2.24, 2.45) is 0 Å². The summed E-state index contributed by atoms with van der Waals surface area (Å²) in [6.45, 7) is 0.765. The monoisotopic (exact) mass is 384 g/mol. The number of aromatic nitrogens is 1. The van der Waals surface area contributed by atoms with Gasteiger partial charge in [-0.15, -0.1) is 12.4 Å². The van der Waals surface area contributed by atoms with Gasteiger partial charge in [-0.2, -0.15) is 0 Å². The molecule has 1 aromatic heterocycles. The van der Waals surface area contributed by atoms with Crippen molar-refractivity contribution in [2.45, 2.75) is 19.0 Å². The lowest BCUT2D eigenvalue weighted by Gasteiger charge is -2.20. The minimum absolute atomic E-state index is 0. The van der Waals surface area contributed by atoms with E-state index < -0.39 is 0 Å². The van der Waals surface area contributed by atoms with Gasteiger partial charge in [0.15, 0.2) is 0 Å². The van der Waals surface area contributed by atoms with Gasteiger partial charge in [-0.05, 0) is 53.4 Å². The zero-order chi connectivity index (χ0) is 18.2. The molecule has 0 aliphatic rings. The molecule has 1 atom stereocenters. The molecule has 0 spiro atoms. The number of ether oxygens (including phenoxy) is 2. The molecule has 3 aromatic rings. The summed E-state index contributed by atoms with van der Waals surface area (Å²) >= 11 is 0. The fourth-order valence-electron chi connectivity index (χ4n) is 2.89. The first-order valence-corrected chi connectivity index (χ1v) is 8.67. The Morgan fingerprint density at radius 1 is 0.852 bits per heavy atom. The van der Waals surface area contributed by atoms with Crippen molar-refractivity contribution in [2.75, 3.05) is 14.2 Å². The molecule has 142 valence electrons. The zero-order valence-corrected chi connectivity index (χ0v) is 16.4. The van der Waals surface area contributed by atoms with Crippen LogP contribution in [0.15, 0.2) is 73.1 Å². The van der Waals surface area contributed by atoms with Crippen LogP contribution in [0.25, 0.3) is 0 Å². The summed E-state index contributed by atoms with van der Waals surface area (Å²) in [5.41, 5.74) is 3.65. The average Bonchev–Trinajstić information content (AvgIpc) is 2.72. The first kappa shape index (κ1) is 20.7. The summed E-state index contributed by atoms with van der Waals surface area (Å²) in [4.78, 5) is 4.19. The van der Waals surface area contributed by atoms with E-state index in [1.807, 2.05) is 36.5 Å². The van der Waals surface area contributed by atoms with Crippen molar-refractivity contribution in [1.82, 2.24) is 10.3 Å². The Morgan fingerprint density at radius 3 is 2.04 bits per heavy atom. The molecule has 27 heavy (non-hydrogen) atoms. The highest BCUT2D eigenvalue weighted by molar-refractivity contribution is 5.85. The molecule has 3 rings (SSSR count). The maximum atomic E-state index is 5.28. The third-order valence-electron chi connectivity index (χ3n) is 4.39. The van der Waals surface area contributed by atoms with Gasteiger partial charge < -0.3 is 14.8 Å². The number of pyridine rings is 1. The summed E-state index contributed by atoms with van der Waals surface area (Å²) in [5, 5.41) is 3.65. The van der Waals surface area contributed by atoms with Gasteiger partial charge in [0.05, 0.1) is 14.2 Å². The second-order valence-corrected chi connectivity index (χ2v) is 6.12. The predicted octanol–water partition coefficient (Wildman–Crippen LogP) is 4.59. The lowest BCUT2D eigenvalue weighted by atomic mass is 9.98. The molecule has 0 saturated carbocycles. The molecule has 1 unspecified atom stereocenters. The van der Waals surface area contributed by atoms with E-state index >= 15 is 0 Å². The van der Waals surface area contributed by atoms with Gasteiger partial charge >= 0.3 is 0 Å². The lowest BCUT2D eigenvalue weighted by Crippen LogP contribution is -2.23. The van der Waals surface area contributed by atoms with Crippen molar-refractivity contribution in [3.05, 3.63) is 89.7 Å². The largest absolute Gasteiger partial charge is 0.497 e. The number of rotatable bonds is 8. The summed E-state index contributed by atoms with van der Waals surface area (Å²) < 4.78 is 10.5. The second kappa shape index (κ2) is 10.6. The van der Waals surface area contributed by atoms with E-state index in [-0.39, 0.29) is 18.4 Å². The van der Waals surface area contributed by atoms with E-state index in [1.54, 1.807) is 20.4 Å². The minimum Gasteiger partial charge on any atom is -0.497 e. The molecule has 0 radical (unpaired) electrons. The first-order chi connectivity index (χ1) is 12.8. The van der Waals surface area contributed by atoms with E-state index in [9.17, 15) is 0 Å². The van der Waals surface area contributed by atoms with E-state index in [2.05, 4.69) is 40.6 Å². The molecule has 0 bridgehead atoms. The molecule has 0 aliphatic heterocycles. The molecule has 0 aliphatic carbocycles. The van der Waals surface area contributed by atoms with Crippen LogP contribution < -0.4 is 14.8 Å².